The van der Waals surface area contributed by atoms with Gasteiger partial charge in [-0.3, -0.25) is 9.78 Å². The lowest BCUT2D eigenvalue weighted by molar-refractivity contribution is 0.905. The zero-order valence-corrected chi connectivity index (χ0v) is 15.7. The first-order valence-corrected chi connectivity index (χ1v) is 9.32. The molecule has 4 aromatic rings. The van der Waals surface area contributed by atoms with E-state index in [2.05, 4.69) is 32.2 Å². The van der Waals surface area contributed by atoms with E-state index >= 15 is 0 Å². The van der Waals surface area contributed by atoms with Crippen molar-refractivity contribution in [1.29, 1.82) is 0 Å². The summed E-state index contributed by atoms with van der Waals surface area (Å²) >= 11 is 6.16. The van der Waals surface area contributed by atoms with Crippen molar-refractivity contribution >= 4 is 17.2 Å². The summed E-state index contributed by atoms with van der Waals surface area (Å²) in [6.45, 7) is 2.00. The van der Waals surface area contributed by atoms with Crippen LogP contribution in [-0.2, 0) is 0 Å². The van der Waals surface area contributed by atoms with Crippen molar-refractivity contribution in [2.45, 2.75) is 25.2 Å². The Kier molecular flexibility index (Phi) is 3.73. The third-order valence-corrected chi connectivity index (χ3v) is 5.71. The maximum Gasteiger partial charge on any atom is 0.325 e. The molecule has 1 fully saturated rings. The number of aryl methyl sites for hydroxylation is 1. The van der Waals surface area contributed by atoms with Gasteiger partial charge in [-0.25, -0.2) is 14.3 Å². The van der Waals surface area contributed by atoms with E-state index in [9.17, 15) is 9.59 Å². The first-order chi connectivity index (χ1) is 13.5. The number of benzene rings is 1. The smallest absolute Gasteiger partial charge is 0.313 e. The van der Waals surface area contributed by atoms with Crippen molar-refractivity contribution in [3.8, 4) is 11.3 Å². The van der Waals surface area contributed by atoms with Crippen LogP contribution in [0.3, 0.4) is 0 Å². The van der Waals surface area contributed by atoms with Crippen molar-refractivity contribution in [1.82, 2.24) is 24.6 Å². The highest BCUT2D eigenvalue weighted by Crippen LogP contribution is 2.55. The van der Waals surface area contributed by atoms with Gasteiger partial charge in [0.05, 0.1) is 11.3 Å². The maximum atomic E-state index is 12.2. The molecule has 140 valence electrons. The highest BCUT2D eigenvalue weighted by molar-refractivity contribution is 6.31. The number of aromatic nitrogens is 5. The summed E-state index contributed by atoms with van der Waals surface area (Å²) in [7, 11) is 0. The molecule has 0 radical (unpaired) electrons. The Morgan fingerprint density at radius 3 is 2.86 bits per heavy atom. The lowest BCUT2D eigenvalue weighted by Gasteiger charge is -2.08. The Hall–Kier alpha value is -3.19. The number of H-pyrrole nitrogens is 2. The Balaban J connectivity index is 1.60. The van der Waals surface area contributed by atoms with Gasteiger partial charge < -0.3 is 4.98 Å². The molecule has 0 aliphatic heterocycles. The summed E-state index contributed by atoms with van der Waals surface area (Å²) in [6.07, 6.45) is 5.83. The summed E-state index contributed by atoms with van der Waals surface area (Å²) in [5.41, 5.74) is 3.93. The normalized spacial score (nSPS) is 18.5. The van der Waals surface area contributed by atoms with Crippen LogP contribution in [0.15, 0.2) is 52.4 Å². The molecule has 1 aromatic carbocycles. The van der Waals surface area contributed by atoms with Gasteiger partial charge in [-0.15, -0.1) is 0 Å². The molecule has 7 nitrogen and oxygen atoms in total. The monoisotopic (exact) mass is 393 g/mol. The Bertz CT molecular complexity index is 1340. The predicted octanol–water partition coefficient (Wildman–Crippen LogP) is 3.01. The standard InChI is InChI=1S/C20H16ClN5O2/c1-10-6-11(2-3-16(10)21)12-7-13(12)14-8-17(25-26-5-4-22-18(14)26)15-9-23-20(28)24-19(15)27/h2-6,8-9,12-13H,7H2,1H3,(H2,23,24,27,28)/t12-,13+/m1/s1. The number of fused-ring (bicyclic) bond motifs is 1. The summed E-state index contributed by atoms with van der Waals surface area (Å²) in [5.74, 6) is 0.662. The van der Waals surface area contributed by atoms with Crippen LogP contribution in [0, 0.1) is 6.92 Å². The lowest BCUT2D eigenvalue weighted by Crippen LogP contribution is -2.23. The van der Waals surface area contributed by atoms with E-state index in [1.807, 2.05) is 19.1 Å². The zero-order valence-electron chi connectivity index (χ0n) is 14.9. The predicted molar refractivity (Wildman–Crippen MR) is 106 cm³/mol. The number of halogens is 1. The second kappa shape index (κ2) is 6.17. The van der Waals surface area contributed by atoms with E-state index in [1.54, 1.807) is 16.9 Å². The van der Waals surface area contributed by atoms with Crippen LogP contribution < -0.4 is 11.2 Å². The van der Waals surface area contributed by atoms with E-state index in [1.165, 1.54) is 11.8 Å². The molecule has 0 saturated heterocycles. The number of rotatable bonds is 3. The molecule has 8 heteroatoms. The molecule has 3 aromatic heterocycles. The highest BCUT2D eigenvalue weighted by atomic mass is 35.5. The van der Waals surface area contributed by atoms with Gasteiger partial charge in [0.2, 0.25) is 0 Å². The van der Waals surface area contributed by atoms with Gasteiger partial charge in [0.15, 0.2) is 5.65 Å². The van der Waals surface area contributed by atoms with Crippen molar-refractivity contribution in [2.75, 3.05) is 0 Å². The van der Waals surface area contributed by atoms with Crippen LogP contribution in [-0.4, -0.2) is 24.6 Å². The minimum Gasteiger partial charge on any atom is -0.313 e. The molecule has 2 atom stereocenters. The quantitative estimate of drug-likeness (QED) is 0.559. The molecular weight excluding hydrogens is 378 g/mol. The fraction of sp³-hybridized carbons (Fsp3) is 0.200. The van der Waals surface area contributed by atoms with E-state index in [-0.39, 0.29) is 5.92 Å². The van der Waals surface area contributed by atoms with Crippen LogP contribution in [0.2, 0.25) is 5.02 Å². The van der Waals surface area contributed by atoms with Gasteiger partial charge in [0.25, 0.3) is 5.56 Å². The first kappa shape index (κ1) is 16.9. The van der Waals surface area contributed by atoms with Crippen molar-refractivity contribution in [3.63, 3.8) is 0 Å². The Labute approximate surface area is 164 Å². The third kappa shape index (κ3) is 2.75. The molecule has 1 saturated carbocycles. The molecule has 1 aliphatic rings. The summed E-state index contributed by atoms with van der Waals surface area (Å²) in [6, 6.07) is 8.03. The number of hydrogen-bond donors (Lipinski definition) is 2. The number of imidazole rings is 1. The van der Waals surface area contributed by atoms with E-state index in [0.29, 0.717) is 17.2 Å². The molecule has 0 spiro atoms. The van der Waals surface area contributed by atoms with Crippen molar-refractivity contribution < 1.29 is 0 Å². The van der Waals surface area contributed by atoms with E-state index in [0.717, 1.165) is 28.2 Å². The van der Waals surface area contributed by atoms with Crippen LogP contribution in [0.5, 0.6) is 0 Å². The second-order valence-electron chi connectivity index (χ2n) is 7.12. The summed E-state index contributed by atoms with van der Waals surface area (Å²) < 4.78 is 1.68. The number of nitrogens with one attached hydrogen (secondary N) is 2. The third-order valence-electron chi connectivity index (χ3n) is 5.28. The van der Waals surface area contributed by atoms with Gasteiger partial charge in [0, 0.05) is 29.2 Å². The SMILES string of the molecule is Cc1cc([C@H]2C[C@@H]2c2cc(-c3c[nH]c(=O)[nH]c3=O)nn3ccnc23)ccc1Cl. The zero-order chi connectivity index (χ0) is 19.4. The molecule has 0 amide bonds. The van der Waals surface area contributed by atoms with E-state index < -0.39 is 11.2 Å². The Morgan fingerprint density at radius 1 is 1.21 bits per heavy atom. The number of nitrogens with zero attached hydrogens (tertiary/aromatic N) is 3. The van der Waals surface area contributed by atoms with Gasteiger partial charge in [0.1, 0.15) is 0 Å². The molecular formula is C20H16ClN5O2. The van der Waals surface area contributed by atoms with Crippen LogP contribution >= 0.6 is 11.6 Å². The summed E-state index contributed by atoms with van der Waals surface area (Å²) in [5, 5.41) is 5.25. The molecule has 1 aliphatic carbocycles. The van der Waals surface area contributed by atoms with Crippen LogP contribution in [0.1, 0.15) is 34.9 Å². The second-order valence-corrected chi connectivity index (χ2v) is 7.53. The first-order valence-electron chi connectivity index (χ1n) is 8.94. The molecule has 2 N–H and O–H groups in total. The minimum atomic E-state index is -0.543. The minimum absolute atomic E-state index is 0.286. The van der Waals surface area contributed by atoms with Gasteiger partial charge in [-0.1, -0.05) is 23.7 Å². The van der Waals surface area contributed by atoms with Gasteiger partial charge >= 0.3 is 5.69 Å². The molecule has 3 heterocycles. The largest absolute Gasteiger partial charge is 0.325 e. The molecule has 0 bridgehead atoms. The van der Waals surface area contributed by atoms with Crippen molar-refractivity contribution in [3.05, 3.63) is 85.4 Å². The molecule has 28 heavy (non-hydrogen) atoms. The Morgan fingerprint density at radius 2 is 2.07 bits per heavy atom. The maximum absolute atomic E-state index is 12.2. The van der Waals surface area contributed by atoms with Gasteiger partial charge in [-0.05, 0) is 48.4 Å². The lowest BCUT2D eigenvalue weighted by atomic mass is 10.0. The van der Waals surface area contributed by atoms with Crippen molar-refractivity contribution in [2.24, 2.45) is 0 Å². The van der Waals surface area contributed by atoms with Gasteiger partial charge in [-0.2, -0.15) is 5.10 Å². The van der Waals surface area contributed by atoms with Crippen LogP contribution in [0.4, 0.5) is 0 Å². The average Bonchev–Trinajstić information content (AvgIpc) is 3.31. The summed E-state index contributed by atoms with van der Waals surface area (Å²) in [4.78, 5) is 32.7. The molecule has 5 rings (SSSR count). The van der Waals surface area contributed by atoms with Crippen LogP contribution in [0.25, 0.3) is 16.9 Å². The number of hydrogen-bond acceptors (Lipinski definition) is 4. The van der Waals surface area contributed by atoms with E-state index in [4.69, 9.17) is 11.6 Å². The fourth-order valence-corrected chi connectivity index (χ4v) is 3.87. The highest BCUT2D eigenvalue weighted by Gasteiger charge is 2.41. The number of aromatic amines is 2. The molecule has 0 unspecified atom stereocenters. The fourth-order valence-electron chi connectivity index (χ4n) is 3.75. The topological polar surface area (TPSA) is 95.9 Å². The average molecular weight is 394 g/mol.